The third-order valence-electron chi connectivity index (χ3n) is 1.91. The number of allylic oxidation sites excluding steroid dienone is 4. The van der Waals surface area contributed by atoms with E-state index in [0.29, 0.717) is 6.42 Å². The minimum Gasteiger partial charge on any atom is -0.478 e. The number of nitrogens with two attached hydrogens (primary N) is 1. The Morgan fingerprint density at radius 2 is 2.27 bits per heavy atom. The quantitative estimate of drug-likeness (QED) is 0.683. The van der Waals surface area contributed by atoms with Crippen LogP contribution in [0.1, 0.15) is 6.42 Å². The van der Waals surface area contributed by atoms with Crippen LogP contribution in [0, 0.1) is 5.92 Å². The van der Waals surface area contributed by atoms with Crippen molar-refractivity contribution in [2.24, 2.45) is 11.1 Å². The van der Waals surface area contributed by atoms with Gasteiger partial charge in [-0.05, 0) is 18.4 Å². The predicted molar refractivity (Wildman–Crippen MR) is 55.2 cm³/mol. The fourth-order valence-corrected chi connectivity index (χ4v) is 1.77. The van der Waals surface area contributed by atoms with Crippen molar-refractivity contribution in [1.82, 2.24) is 0 Å². The highest BCUT2D eigenvalue weighted by Gasteiger charge is 2.13. The number of hydrogen-bond acceptors (Lipinski definition) is 3. The normalized spacial score (nSPS) is 21.7. The molecule has 0 aliphatic heterocycles. The van der Waals surface area contributed by atoms with Crippen molar-refractivity contribution in [3.63, 3.8) is 0 Å². The Bertz CT molecular complexity index is 445. The summed E-state index contributed by atoms with van der Waals surface area (Å²) in [5, 5.41) is 13.3. The highest BCUT2D eigenvalue weighted by atomic mass is 32.2. The lowest BCUT2D eigenvalue weighted by Gasteiger charge is -2.10. The van der Waals surface area contributed by atoms with Gasteiger partial charge in [-0.25, -0.2) is 18.4 Å². The molecule has 0 saturated heterocycles. The topological polar surface area (TPSA) is 97.5 Å². The van der Waals surface area contributed by atoms with Gasteiger partial charge in [0.25, 0.3) is 0 Å². The van der Waals surface area contributed by atoms with Crippen molar-refractivity contribution in [2.45, 2.75) is 6.42 Å². The lowest BCUT2D eigenvalue weighted by molar-refractivity contribution is -0.131. The number of sulfonamides is 1. The fourth-order valence-electron chi connectivity index (χ4n) is 1.18. The molecule has 0 bridgehead atoms. The van der Waals surface area contributed by atoms with Crippen LogP contribution in [0.3, 0.4) is 0 Å². The fraction of sp³-hybridized carbons (Fsp3) is 0.222. The van der Waals surface area contributed by atoms with Crippen LogP contribution in [0.5, 0.6) is 0 Å². The molecule has 82 valence electrons. The van der Waals surface area contributed by atoms with Gasteiger partial charge in [0.2, 0.25) is 10.0 Å². The average Bonchev–Trinajstić information content (AvgIpc) is 2.14. The van der Waals surface area contributed by atoms with Gasteiger partial charge in [0.1, 0.15) is 0 Å². The Hall–Kier alpha value is -1.40. The molecule has 1 unspecified atom stereocenters. The Morgan fingerprint density at radius 1 is 1.60 bits per heavy atom. The minimum atomic E-state index is -3.65. The summed E-state index contributed by atoms with van der Waals surface area (Å²) in [5.41, 5.74) is 0. The molecule has 1 aliphatic carbocycles. The van der Waals surface area contributed by atoms with Gasteiger partial charge < -0.3 is 5.11 Å². The summed E-state index contributed by atoms with van der Waals surface area (Å²) >= 11 is 0. The number of carbonyl (C=O) groups is 1. The van der Waals surface area contributed by atoms with Crippen LogP contribution in [0.4, 0.5) is 0 Å². The first-order chi connectivity index (χ1) is 6.89. The SMILES string of the molecule is NS(=O)(=O)C1=CCC(/C=C/C(=O)O)C=C1. The van der Waals surface area contributed by atoms with Crippen LogP contribution in [0.25, 0.3) is 0 Å². The number of hydrogen-bond donors (Lipinski definition) is 2. The lowest BCUT2D eigenvalue weighted by Crippen LogP contribution is -2.15. The number of rotatable bonds is 3. The second-order valence-corrected chi connectivity index (χ2v) is 4.67. The van der Waals surface area contributed by atoms with Crippen molar-refractivity contribution < 1.29 is 18.3 Å². The molecule has 1 rings (SSSR count). The summed E-state index contributed by atoms with van der Waals surface area (Å²) in [6, 6.07) is 0. The van der Waals surface area contributed by atoms with Gasteiger partial charge in [-0.3, -0.25) is 0 Å². The van der Waals surface area contributed by atoms with Crippen LogP contribution in [0.15, 0.2) is 35.3 Å². The van der Waals surface area contributed by atoms with Crippen molar-refractivity contribution in [1.29, 1.82) is 0 Å². The maximum atomic E-state index is 10.9. The molecular formula is C9H11NO4S. The standard InChI is InChI=1S/C9H11NO4S/c10-15(13,14)8-4-1-7(2-5-8)3-6-9(11)12/h1,3-7H,2H2,(H,11,12)(H2,10,13,14)/b6-3+. The molecule has 15 heavy (non-hydrogen) atoms. The maximum absolute atomic E-state index is 10.9. The van der Waals surface area contributed by atoms with Crippen LogP contribution in [-0.2, 0) is 14.8 Å². The summed E-state index contributed by atoms with van der Waals surface area (Å²) in [5.74, 6) is -1.11. The van der Waals surface area contributed by atoms with E-state index in [1.807, 2.05) is 0 Å². The molecule has 1 atom stereocenters. The third kappa shape index (κ3) is 3.69. The second-order valence-electron chi connectivity index (χ2n) is 3.11. The molecule has 0 radical (unpaired) electrons. The molecule has 0 aromatic rings. The average molecular weight is 229 g/mol. The van der Waals surface area contributed by atoms with Crippen LogP contribution in [-0.4, -0.2) is 19.5 Å². The van der Waals surface area contributed by atoms with E-state index in [4.69, 9.17) is 10.2 Å². The van der Waals surface area contributed by atoms with E-state index < -0.39 is 16.0 Å². The van der Waals surface area contributed by atoms with Gasteiger partial charge in [0.15, 0.2) is 0 Å². The van der Waals surface area contributed by atoms with Crippen molar-refractivity contribution in [3.05, 3.63) is 35.3 Å². The Kier molecular flexibility index (Phi) is 3.43. The van der Waals surface area contributed by atoms with E-state index in [0.717, 1.165) is 6.08 Å². The summed E-state index contributed by atoms with van der Waals surface area (Å²) in [6.07, 6.45) is 7.44. The monoisotopic (exact) mass is 229 g/mol. The summed E-state index contributed by atoms with van der Waals surface area (Å²) in [7, 11) is -3.65. The first-order valence-corrected chi connectivity index (χ1v) is 5.76. The Balaban J connectivity index is 2.69. The number of carboxylic acids is 1. The molecule has 0 aromatic heterocycles. The lowest BCUT2D eigenvalue weighted by atomic mass is 10.0. The highest BCUT2D eigenvalue weighted by molar-refractivity contribution is 7.93. The third-order valence-corrected chi connectivity index (χ3v) is 2.87. The molecule has 0 saturated carbocycles. The second kappa shape index (κ2) is 4.41. The molecule has 3 N–H and O–H groups in total. The first kappa shape index (κ1) is 11.7. The molecule has 0 spiro atoms. The number of primary sulfonamides is 1. The number of aliphatic carboxylic acids is 1. The zero-order valence-corrected chi connectivity index (χ0v) is 8.65. The largest absolute Gasteiger partial charge is 0.478 e. The summed E-state index contributed by atoms with van der Waals surface area (Å²) in [4.78, 5) is 10.3. The van der Waals surface area contributed by atoms with Gasteiger partial charge in [-0.1, -0.05) is 18.2 Å². The molecule has 0 amide bonds. The molecule has 0 aromatic carbocycles. The van der Waals surface area contributed by atoms with Crippen LogP contribution >= 0.6 is 0 Å². The van der Waals surface area contributed by atoms with Gasteiger partial charge in [0.05, 0.1) is 4.91 Å². The van der Waals surface area contributed by atoms with Crippen molar-refractivity contribution >= 4 is 16.0 Å². The molecule has 0 heterocycles. The van der Waals surface area contributed by atoms with E-state index >= 15 is 0 Å². The van der Waals surface area contributed by atoms with Gasteiger partial charge in [-0.2, -0.15) is 0 Å². The van der Waals surface area contributed by atoms with Crippen molar-refractivity contribution in [3.8, 4) is 0 Å². The number of carboxylic acid groups (broad SMARTS) is 1. The van der Waals surface area contributed by atoms with E-state index in [-0.39, 0.29) is 10.8 Å². The molecular weight excluding hydrogens is 218 g/mol. The van der Waals surface area contributed by atoms with Crippen molar-refractivity contribution in [2.75, 3.05) is 0 Å². The van der Waals surface area contributed by atoms with Crippen LogP contribution in [0.2, 0.25) is 0 Å². The molecule has 5 nitrogen and oxygen atoms in total. The predicted octanol–water partition coefficient (Wildman–Crippen LogP) is 0.376. The molecule has 1 aliphatic rings. The van der Waals surface area contributed by atoms with Crippen LogP contribution < -0.4 is 5.14 Å². The zero-order valence-electron chi connectivity index (χ0n) is 7.83. The van der Waals surface area contributed by atoms with E-state index in [1.165, 1.54) is 18.2 Å². The van der Waals surface area contributed by atoms with E-state index in [1.54, 1.807) is 6.08 Å². The van der Waals surface area contributed by atoms with Gasteiger partial charge in [-0.15, -0.1) is 0 Å². The maximum Gasteiger partial charge on any atom is 0.327 e. The van der Waals surface area contributed by atoms with Gasteiger partial charge in [0, 0.05) is 6.08 Å². The first-order valence-electron chi connectivity index (χ1n) is 4.22. The van der Waals surface area contributed by atoms with E-state index in [2.05, 4.69) is 0 Å². The summed E-state index contributed by atoms with van der Waals surface area (Å²) in [6.45, 7) is 0. The highest BCUT2D eigenvalue weighted by Crippen LogP contribution is 2.19. The van der Waals surface area contributed by atoms with E-state index in [9.17, 15) is 13.2 Å². The smallest absolute Gasteiger partial charge is 0.327 e. The molecule has 6 heteroatoms. The molecule has 0 fully saturated rings. The minimum absolute atomic E-state index is 0.0717. The summed E-state index contributed by atoms with van der Waals surface area (Å²) < 4.78 is 21.8. The Morgan fingerprint density at radius 3 is 2.67 bits per heavy atom. The zero-order chi connectivity index (χ0) is 11.5. The Labute approximate surface area is 87.6 Å². The van der Waals surface area contributed by atoms with Gasteiger partial charge >= 0.3 is 5.97 Å².